The van der Waals surface area contributed by atoms with E-state index in [1.54, 1.807) is 54.6 Å². The first-order valence-electron chi connectivity index (χ1n) is 19.0. The first-order valence-corrected chi connectivity index (χ1v) is 19.8. The fourth-order valence-electron chi connectivity index (χ4n) is 6.19. The molecule has 1 atom stereocenters. The van der Waals surface area contributed by atoms with Crippen molar-refractivity contribution in [1.82, 2.24) is 20.2 Å². The molecule has 0 saturated heterocycles. The highest BCUT2D eigenvalue weighted by atomic mass is 32.2. The Hall–Kier alpha value is -4.98. The molecule has 54 heavy (non-hydrogen) atoms. The summed E-state index contributed by atoms with van der Waals surface area (Å²) in [6.07, 6.45) is 14.5. The first-order chi connectivity index (χ1) is 26.2. The zero-order valence-corrected chi connectivity index (χ0v) is 32.1. The van der Waals surface area contributed by atoms with Gasteiger partial charge in [-0.15, -0.1) is 5.10 Å². The predicted molar refractivity (Wildman–Crippen MR) is 208 cm³/mol. The Labute approximate surface area is 320 Å². The minimum Gasteiger partial charge on any atom is -0.506 e. The third-order valence-corrected chi connectivity index (χ3v) is 9.87. The number of benzene rings is 3. The van der Waals surface area contributed by atoms with Crippen molar-refractivity contribution < 1.29 is 33.8 Å². The zero-order chi connectivity index (χ0) is 38.7. The molecule has 3 aromatic carbocycles. The quantitative estimate of drug-likeness (QED) is 0.0321. The van der Waals surface area contributed by atoms with E-state index in [0.29, 0.717) is 35.7 Å². The number of amides is 2. The van der Waals surface area contributed by atoms with E-state index in [9.17, 15) is 24.3 Å². The Morgan fingerprint density at radius 1 is 0.833 bits per heavy atom. The zero-order valence-electron chi connectivity index (χ0n) is 31.3. The van der Waals surface area contributed by atoms with Crippen LogP contribution < -0.4 is 15.4 Å². The lowest BCUT2D eigenvalue weighted by atomic mass is 10.0. The molecule has 1 unspecified atom stereocenters. The second-order valence-electron chi connectivity index (χ2n) is 13.2. The Morgan fingerprint density at radius 3 is 2.07 bits per heavy atom. The van der Waals surface area contributed by atoms with E-state index in [2.05, 4.69) is 22.4 Å². The molecule has 0 saturated carbocycles. The van der Waals surface area contributed by atoms with Gasteiger partial charge in [0.05, 0.1) is 12.2 Å². The van der Waals surface area contributed by atoms with Crippen LogP contribution in [0.25, 0.3) is 10.8 Å². The van der Waals surface area contributed by atoms with E-state index in [1.165, 1.54) is 60.6 Å². The SMILES string of the molecule is CCCCCCCCCCCCCCC(C(=O)Oc1cc(C(N)=O)c(O)c2ccccc12)N(C(=O)Sc1nnnn1CC(=O)OCCC)c1ccccc1. The van der Waals surface area contributed by atoms with Gasteiger partial charge in [0.15, 0.2) is 0 Å². The van der Waals surface area contributed by atoms with Gasteiger partial charge in [-0.05, 0) is 41.5 Å². The van der Waals surface area contributed by atoms with E-state index in [0.717, 1.165) is 25.7 Å². The normalized spacial score (nSPS) is 11.7. The Bertz CT molecular complexity index is 1820. The van der Waals surface area contributed by atoms with Crippen LogP contribution in [0.15, 0.2) is 65.8 Å². The van der Waals surface area contributed by atoms with Crippen LogP contribution in [-0.2, 0) is 20.9 Å². The highest BCUT2D eigenvalue weighted by Crippen LogP contribution is 2.37. The van der Waals surface area contributed by atoms with Crippen LogP contribution in [0.2, 0.25) is 0 Å². The maximum Gasteiger partial charge on any atom is 0.334 e. The number of aromatic hydroxyl groups is 1. The van der Waals surface area contributed by atoms with Gasteiger partial charge in [0.25, 0.3) is 11.1 Å². The summed E-state index contributed by atoms with van der Waals surface area (Å²) >= 11 is 0.674. The standard InChI is InChI=1S/C40H52N6O7S/c1-3-5-6-7-8-9-10-11-12-13-14-18-25-33(38(50)53-34-27-32(37(41)49)36(48)31-24-20-19-23-30(31)34)46(29-21-16-15-17-22-29)40(51)54-39-42-43-44-45(39)28-35(47)52-26-4-2/h15-17,19-24,27,33,48H,3-14,18,25-26,28H2,1-2H3,(H2,41,49). The van der Waals surface area contributed by atoms with Crippen molar-refractivity contribution in [3.63, 3.8) is 0 Å². The lowest BCUT2D eigenvalue weighted by molar-refractivity contribution is -0.144. The Balaban J connectivity index is 1.58. The van der Waals surface area contributed by atoms with Gasteiger partial charge in [0, 0.05) is 28.2 Å². The molecule has 1 heterocycles. The molecule has 0 bridgehead atoms. The van der Waals surface area contributed by atoms with Crippen molar-refractivity contribution in [2.24, 2.45) is 5.73 Å². The molecule has 4 aromatic rings. The molecule has 0 aliphatic rings. The third-order valence-electron chi connectivity index (χ3n) is 9.02. The number of fused-ring (bicyclic) bond motifs is 1. The summed E-state index contributed by atoms with van der Waals surface area (Å²) in [6, 6.07) is 15.5. The number of para-hydroxylation sites is 1. The predicted octanol–water partition coefficient (Wildman–Crippen LogP) is 8.37. The Kier molecular flexibility index (Phi) is 17.2. The molecule has 0 radical (unpaired) electrons. The second kappa shape index (κ2) is 22.3. The number of primary amides is 1. The van der Waals surface area contributed by atoms with Crippen LogP contribution in [0.5, 0.6) is 11.5 Å². The summed E-state index contributed by atoms with van der Waals surface area (Å²) in [4.78, 5) is 54.7. The number of anilines is 1. The van der Waals surface area contributed by atoms with Gasteiger partial charge >= 0.3 is 11.9 Å². The molecule has 14 heteroatoms. The fraction of sp³-hybridized carbons (Fsp3) is 0.475. The third kappa shape index (κ3) is 12.3. The average molecular weight is 761 g/mol. The summed E-state index contributed by atoms with van der Waals surface area (Å²) in [7, 11) is 0. The van der Waals surface area contributed by atoms with E-state index in [-0.39, 0.29) is 47.2 Å². The molecule has 0 aliphatic carbocycles. The highest BCUT2D eigenvalue weighted by Gasteiger charge is 2.35. The average Bonchev–Trinajstić information content (AvgIpc) is 3.60. The van der Waals surface area contributed by atoms with Crippen molar-refractivity contribution >= 4 is 51.3 Å². The minimum absolute atomic E-state index is 0.0181. The lowest BCUT2D eigenvalue weighted by Gasteiger charge is -2.30. The topological polar surface area (TPSA) is 180 Å². The summed E-state index contributed by atoms with van der Waals surface area (Å²) in [5.74, 6) is -2.49. The number of aromatic nitrogens is 4. The van der Waals surface area contributed by atoms with Gasteiger partial charge in [-0.2, -0.15) is 0 Å². The minimum atomic E-state index is -1.11. The number of tetrazole rings is 1. The van der Waals surface area contributed by atoms with Gasteiger partial charge in [-0.1, -0.05) is 133 Å². The molecule has 0 fully saturated rings. The number of thioether (sulfide) groups is 1. The number of phenols is 1. The van der Waals surface area contributed by atoms with E-state index in [1.807, 2.05) is 6.92 Å². The molecule has 13 nitrogen and oxygen atoms in total. The van der Waals surface area contributed by atoms with Crippen LogP contribution >= 0.6 is 11.8 Å². The van der Waals surface area contributed by atoms with Crippen molar-refractivity contribution in [2.75, 3.05) is 11.5 Å². The van der Waals surface area contributed by atoms with E-state index < -0.39 is 29.1 Å². The number of esters is 2. The molecule has 0 spiro atoms. The van der Waals surface area contributed by atoms with E-state index >= 15 is 0 Å². The number of carbonyl (C=O) groups is 4. The maximum absolute atomic E-state index is 14.4. The van der Waals surface area contributed by atoms with Gasteiger partial charge in [-0.25, -0.2) is 9.48 Å². The summed E-state index contributed by atoms with van der Waals surface area (Å²) in [6.45, 7) is 4.04. The molecule has 4 rings (SSSR count). The summed E-state index contributed by atoms with van der Waals surface area (Å²) < 4.78 is 12.4. The molecular weight excluding hydrogens is 709 g/mol. The van der Waals surface area contributed by atoms with Crippen LogP contribution in [-0.4, -0.2) is 61.0 Å². The van der Waals surface area contributed by atoms with Crippen molar-refractivity contribution in [3.8, 4) is 11.5 Å². The number of rotatable bonds is 23. The first kappa shape index (κ1) is 41.8. The van der Waals surface area contributed by atoms with Gasteiger partial charge < -0.3 is 20.3 Å². The molecule has 2 amide bonds. The summed E-state index contributed by atoms with van der Waals surface area (Å²) in [5, 5.41) is 22.4. The van der Waals surface area contributed by atoms with Crippen LogP contribution in [0, 0.1) is 0 Å². The number of nitrogens with zero attached hydrogens (tertiary/aromatic N) is 5. The molecule has 290 valence electrons. The van der Waals surface area contributed by atoms with Gasteiger partial charge in [0.2, 0.25) is 5.16 Å². The molecule has 1 aromatic heterocycles. The molecule has 0 aliphatic heterocycles. The number of carbonyl (C=O) groups excluding carboxylic acids is 4. The van der Waals surface area contributed by atoms with Crippen LogP contribution in [0.1, 0.15) is 114 Å². The molecule has 3 N–H and O–H groups in total. The molecular formula is C40H52N6O7S. The van der Waals surface area contributed by atoms with Crippen molar-refractivity contribution in [1.29, 1.82) is 0 Å². The number of nitrogens with two attached hydrogens (primary N) is 1. The van der Waals surface area contributed by atoms with Crippen LogP contribution in [0.3, 0.4) is 0 Å². The number of ether oxygens (including phenoxy) is 2. The lowest BCUT2D eigenvalue weighted by Crippen LogP contribution is -2.46. The van der Waals surface area contributed by atoms with E-state index in [4.69, 9.17) is 15.2 Å². The monoisotopic (exact) mass is 760 g/mol. The maximum atomic E-state index is 14.4. The van der Waals surface area contributed by atoms with Crippen LogP contribution in [0.4, 0.5) is 10.5 Å². The number of hydrogen-bond donors (Lipinski definition) is 2. The fourth-order valence-corrected chi connectivity index (χ4v) is 6.96. The highest BCUT2D eigenvalue weighted by molar-refractivity contribution is 8.13. The van der Waals surface area contributed by atoms with Crippen molar-refractivity contribution in [2.45, 2.75) is 121 Å². The Morgan fingerprint density at radius 2 is 1.44 bits per heavy atom. The largest absolute Gasteiger partial charge is 0.506 e. The van der Waals surface area contributed by atoms with Crippen molar-refractivity contribution in [3.05, 3.63) is 66.2 Å². The number of hydrogen-bond acceptors (Lipinski definition) is 11. The van der Waals surface area contributed by atoms with Gasteiger partial charge in [0.1, 0.15) is 24.1 Å². The summed E-state index contributed by atoms with van der Waals surface area (Å²) in [5.41, 5.74) is 5.81. The second-order valence-corrected chi connectivity index (χ2v) is 14.1. The number of unbranched alkanes of at least 4 members (excludes halogenated alkanes) is 11. The smallest absolute Gasteiger partial charge is 0.334 e. The van der Waals surface area contributed by atoms with Gasteiger partial charge in [-0.3, -0.25) is 19.3 Å².